The smallest absolute Gasteiger partial charge is 0.323 e. The van der Waals surface area contributed by atoms with Crippen molar-refractivity contribution in [2.24, 2.45) is 0 Å². The van der Waals surface area contributed by atoms with Gasteiger partial charge in [-0.2, -0.15) is 0 Å². The number of urea groups is 1. The Morgan fingerprint density at radius 1 is 1.04 bits per heavy atom. The van der Waals surface area contributed by atoms with Gasteiger partial charge in [0.05, 0.1) is 10.6 Å². The minimum Gasteiger partial charge on any atom is -0.323 e. The Labute approximate surface area is 162 Å². The Balaban J connectivity index is 1.74. The predicted molar refractivity (Wildman–Crippen MR) is 103 cm³/mol. The van der Waals surface area contributed by atoms with Crippen LogP contribution in [0.25, 0.3) is 0 Å². The number of rotatable bonds is 7. The van der Waals surface area contributed by atoms with Gasteiger partial charge in [0, 0.05) is 31.4 Å². The third kappa shape index (κ3) is 4.41. The van der Waals surface area contributed by atoms with Gasteiger partial charge in [-0.25, -0.2) is 22.0 Å². The predicted octanol–water partition coefficient (Wildman–Crippen LogP) is 3.81. The van der Waals surface area contributed by atoms with E-state index in [1.807, 2.05) is 0 Å². The van der Waals surface area contributed by atoms with Crippen molar-refractivity contribution in [3.8, 4) is 0 Å². The number of carbonyl (C=O) groups excluding carboxylic acids is 1. The molecule has 0 aromatic heterocycles. The average Bonchev–Trinajstić information content (AvgIpc) is 2.99. The molecule has 28 heavy (non-hydrogen) atoms. The topological polar surface area (TPSA) is 69.7 Å². The molecule has 0 radical (unpaired) electrons. The number of hydrogen-bond acceptors (Lipinski definition) is 3. The van der Waals surface area contributed by atoms with Crippen LogP contribution in [0.1, 0.15) is 19.8 Å². The van der Waals surface area contributed by atoms with Crippen LogP contribution in [0.15, 0.2) is 47.4 Å². The first-order valence-corrected chi connectivity index (χ1v) is 10.4. The van der Waals surface area contributed by atoms with Gasteiger partial charge in [0.1, 0.15) is 11.6 Å². The second kappa shape index (κ2) is 8.14. The van der Waals surface area contributed by atoms with Crippen molar-refractivity contribution < 1.29 is 22.0 Å². The molecule has 2 aromatic rings. The van der Waals surface area contributed by atoms with Crippen LogP contribution in [0.3, 0.4) is 0 Å². The molecule has 150 valence electrons. The maximum Gasteiger partial charge on any atom is 0.324 e. The van der Waals surface area contributed by atoms with E-state index in [-0.39, 0.29) is 16.6 Å². The molecule has 0 saturated carbocycles. The van der Waals surface area contributed by atoms with Crippen molar-refractivity contribution in [3.63, 3.8) is 0 Å². The molecular formula is C19H21F2N3O3S. The van der Waals surface area contributed by atoms with Crippen molar-refractivity contribution >= 4 is 27.4 Å². The van der Waals surface area contributed by atoms with E-state index in [1.54, 1.807) is 21.9 Å². The third-order valence-corrected chi connectivity index (χ3v) is 5.85. The molecule has 1 saturated heterocycles. The number of anilines is 2. The summed E-state index contributed by atoms with van der Waals surface area (Å²) in [6, 6.07) is 8.14. The van der Waals surface area contributed by atoms with Crippen LogP contribution in [-0.2, 0) is 10.0 Å². The first-order valence-electron chi connectivity index (χ1n) is 8.95. The van der Waals surface area contributed by atoms with Gasteiger partial charge >= 0.3 is 6.03 Å². The fraction of sp³-hybridized carbons (Fsp3) is 0.316. The lowest BCUT2D eigenvalue weighted by Gasteiger charge is -2.19. The lowest BCUT2D eigenvalue weighted by Crippen LogP contribution is -2.32. The van der Waals surface area contributed by atoms with E-state index in [9.17, 15) is 22.0 Å². The Kier molecular flexibility index (Phi) is 5.83. The third-order valence-electron chi connectivity index (χ3n) is 4.45. The Hall–Kier alpha value is -2.68. The van der Waals surface area contributed by atoms with Gasteiger partial charge in [-0.05, 0) is 42.8 Å². The number of hydrogen-bond donors (Lipinski definition) is 1. The number of carbonyl (C=O) groups is 1. The van der Waals surface area contributed by atoms with Gasteiger partial charge in [0.15, 0.2) is 0 Å². The summed E-state index contributed by atoms with van der Waals surface area (Å²) in [5.74, 6) is -1.76. The molecule has 3 rings (SSSR count). The summed E-state index contributed by atoms with van der Waals surface area (Å²) >= 11 is 0. The number of amides is 2. The number of nitrogens with zero attached hydrogens (tertiary/aromatic N) is 2. The fourth-order valence-corrected chi connectivity index (χ4v) is 4.05. The van der Waals surface area contributed by atoms with Crippen LogP contribution in [0.2, 0.25) is 0 Å². The number of halogens is 2. The summed E-state index contributed by atoms with van der Waals surface area (Å²) in [5.41, 5.74) is 0.391. The lowest BCUT2D eigenvalue weighted by molar-refractivity contribution is 0.220. The molecule has 2 amide bonds. The molecule has 1 heterocycles. The standard InChI is InChI=1S/C19H21F2N3O3S/c1-2-3-8-23-9-10-24(19(23)25)17-4-6-18(7-5-17)28(26,27)22-16-12-14(20)11-15(21)13-16/h4-7,11-13,22H,2-3,8-10H2,1H3. The van der Waals surface area contributed by atoms with Crippen LogP contribution in [0, 0.1) is 11.6 Å². The van der Waals surface area contributed by atoms with E-state index >= 15 is 0 Å². The molecule has 1 aliphatic heterocycles. The normalized spacial score (nSPS) is 14.6. The SMILES string of the molecule is CCCCN1CCN(c2ccc(S(=O)(=O)Nc3cc(F)cc(F)c3)cc2)C1=O. The number of nitrogens with one attached hydrogen (secondary N) is 1. The van der Waals surface area contributed by atoms with E-state index in [2.05, 4.69) is 11.6 Å². The van der Waals surface area contributed by atoms with E-state index in [0.717, 1.165) is 25.0 Å². The minimum atomic E-state index is -4.02. The molecule has 0 unspecified atom stereocenters. The molecule has 1 fully saturated rings. The van der Waals surface area contributed by atoms with Crippen molar-refractivity contribution in [2.45, 2.75) is 24.7 Å². The van der Waals surface area contributed by atoms with Gasteiger partial charge in [0.25, 0.3) is 10.0 Å². The Morgan fingerprint density at radius 3 is 2.29 bits per heavy atom. The summed E-state index contributed by atoms with van der Waals surface area (Å²) in [5, 5.41) is 0. The van der Waals surface area contributed by atoms with Crippen LogP contribution in [0.4, 0.5) is 25.0 Å². The van der Waals surface area contributed by atoms with Crippen LogP contribution in [-0.4, -0.2) is 39.0 Å². The number of unbranched alkanes of at least 4 members (excludes halogenated alkanes) is 1. The van der Waals surface area contributed by atoms with E-state index in [0.29, 0.717) is 31.4 Å². The Morgan fingerprint density at radius 2 is 1.68 bits per heavy atom. The second-order valence-corrected chi connectivity index (χ2v) is 8.21. The lowest BCUT2D eigenvalue weighted by atomic mass is 10.3. The number of sulfonamides is 1. The summed E-state index contributed by atoms with van der Waals surface area (Å²) in [4.78, 5) is 15.7. The highest BCUT2D eigenvalue weighted by Crippen LogP contribution is 2.24. The zero-order valence-electron chi connectivity index (χ0n) is 15.4. The Bertz CT molecular complexity index is 945. The second-order valence-electron chi connectivity index (χ2n) is 6.53. The molecule has 0 aliphatic carbocycles. The monoisotopic (exact) mass is 409 g/mol. The van der Waals surface area contributed by atoms with Crippen LogP contribution >= 0.6 is 0 Å². The van der Waals surface area contributed by atoms with E-state index in [1.165, 1.54) is 12.1 Å². The highest BCUT2D eigenvalue weighted by Gasteiger charge is 2.29. The maximum atomic E-state index is 13.3. The molecule has 6 nitrogen and oxygen atoms in total. The molecule has 0 bridgehead atoms. The fourth-order valence-electron chi connectivity index (χ4n) is 3.01. The maximum absolute atomic E-state index is 13.3. The van der Waals surface area contributed by atoms with Crippen molar-refractivity contribution in [1.29, 1.82) is 0 Å². The van der Waals surface area contributed by atoms with E-state index < -0.39 is 21.7 Å². The first-order chi connectivity index (χ1) is 13.3. The molecule has 0 spiro atoms. The zero-order valence-corrected chi connectivity index (χ0v) is 16.2. The highest BCUT2D eigenvalue weighted by molar-refractivity contribution is 7.92. The summed E-state index contributed by atoms with van der Waals surface area (Å²) in [7, 11) is -4.02. The van der Waals surface area contributed by atoms with Crippen molar-refractivity contribution in [2.75, 3.05) is 29.3 Å². The molecule has 2 aromatic carbocycles. The van der Waals surface area contributed by atoms with Gasteiger partial charge in [-0.15, -0.1) is 0 Å². The summed E-state index contributed by atoms with van der Waals surface area (Å²) < 4.78 is 53.6. The van der Waals surface area contributed by atoms with Gasteiger partial charge in [0.2, 0.25) is 0 Å². The molecule has 1 aliphatic rings. The van der Waals surface area contributed by atoms with Crippen molar-refractivity contribution in [3.05, 3.63) is 54.1 Å². The van der Waals surface area contributed by atoms with Gasteiger partial charge < -0.3 is 4.90 Å². The van der Waals surface area contributed by atoms with Crippen LogP contribution in [0.5, 0.6) is 0 Å². The minimum absolute atomic E-state index is 0.0737. The number of benzene rings is 2. The van der Waals surface area contributed by atoms with Crippen molar-refractivity contribution in [1.82, 2.24) is 4.90 Å². The van der Waals surface area contributed by atoms with E-state index in [4.69, 9.17) is 0 Å². The molecular weight excluding hydrogens is 388 g/mol. The largest absolute Gasteiger partial charge is 0.324 e. The quantitative estimate of drug-likeness (QED) is 0.756. The highest BCUT2D eigenvalue weighted by atomic mass is 32.2. The average molecular weight is 409 g/mol. The molecule has 1 N–H and O–H groups in total. The van der Waals surface area contributed by atoms with Gasteiger partial charge in [-0.3, -0.25) is 9.62 Å². The zero-order chi connectivity index (χ0) is 20.3. The van der Waals surface area contributed by atoms with Crippen LogP contribution < -0.4 is 9.62 Å². The molecule has 9 heteroatoms. The summed E-state index contributed by atoms with van der Waals surface area (Å²) in [6.45, 7) is 3.93. The van der Waals surface area contributed by atoms with Gasteiger partial charge in [-0.1, -0.05) is 13.3 Å². The molecule has 0 atom stereocenters. The first kappa shape index (κ1) is 20.1. The summed E-state index contributed by atoms with van der Waals surface area (Å²) in [6.07, 6.45) is 1.93.